The molecule has 0 saturated heterocycles. The molecule has 1 aromatic rings. The zero-order chi connectivity index (χ0) is 12.0. The van der Waals surface area contributed by atoms with Gasteiger partial charge in [-0.15, -0.1) is 0 Å². The third-order valence-electron chi connectivity index (χ3n) is 2.11. The minimum Gasteiger partial charge on any atom is -0.497 e. The van der Waals surface area contributed by atoms with Crippen molar-refractivity contribution in [1.29, 1.82) is 0 Å². The molecule has 0 aliphatic carbocycles. The average molecular weight is 221 g/mol. The average Bonchev–Trinajstić information content (AvgIpc) is 2.35. The van der Waals surface area contributed by atoms with E-state index in [1.165, 1.54) is 7.11 Å². The van der Waals surface area contributed by atoms with Crippen LogP contribution in [0.25, 0.3) is 0 Å². The van der Waals surface area contributed by atoms with Crippen LogP contribution in [0.15, 0.2) is 29.3 Å². The zero-order valence-corrected chi connectivity index (χ0v) is 9.64. The summed E-state index contributed by atoms with van der Waals surface area (Å²) in [5, 5.41) is 0. The smallest absolute Gasteiger partial charge is 0.330 e. The Kier molecular flexibility index (Phi) is 4.51. The first-order chi connectivity index (χ1) is 7.67. The van der Waals surface area contributed by atoms with Crippen molar-refractivity contribution in [2.45, 2.75) is 13.0 Å². The maximum Gasteiger partial charge on any atom is 0.330 e. The van der Waals surface area contributed by atoms with Gasteiger partial charge < -0.3 is 9.47 Å². The minimum absolute atomic E-state index is 0.343. The fourth-order valence-corrected chi connectivity index (χ4v) is 1.12. The van der Waals surface area contributed by atoms with Crippen molar-refractivity contribution in [1.82, 2.24) is 0 Å². The summed E-state index contributed by atoms with van der Waals surface area (Å²) in [6, 6.07) is 6.93. The summed E-state index contributed by atoms with van der Waals surface area (Å²) in [4.78, 5) is 15.2. The van der Waals surface area contributed by atoms with Gasteiger partial charge in [0.25, 0.3) is 0 Å². The second-order valence-corrected chi connectivity index (χ2v) is 3.25. The number of hydrogen-bond acceptors (Lipinski definition) is 4. The highest BCUT2D eigenvalue weighted by Crippen LogP contribution is 2.09. The molecule has 0 N–H and O–H groups in total. The van der Waals surface area contributed by atoms with Crippen LogP contribution in [0.3, 0.4) is 0 Å². The molecule has 0 radical (unpaired) electrons. The van der Waals surface area contributed by atoms with Crippen LogP contribution in [0, 0.1) is 0 Å². The first-order valence-electron chi connectivity index (χ1n) is 4.92. The maximum atomic E-state index is 11.1. The third kappa shape index (κ3) is 3.38. The van der Waals surface area contributed by atoms with Gasteiger partial charge in [0.1, 0.15) is 11.8 Å². The second-order valence-electron chi connectivity index (χ2n) is 3.25. The molecule has 0 heterocycles. The molecule has 1 atom stereocenters. The number of carbonyl (C=O) groups excluding carboxylic acids is 1. The first-order valence-corrected chi connectivity index (χ1v) is 4.92. The fourth-order valence-electron chi connectivity index (χ4n) is 1.12. The summed E-state index contributed by atoms with van der Waals surface area (Å²) in [6.07, 6.45) is 1.64. The van der Waals surface area contributed by atoms with Crippen molar-refractivity contribution in [3.63, 3.8) is 0 Å². The highest BCUT2D eigenvalue weighted by atomic mass is 16.5. The van der Waals surface area contributed by atoms with Crippen LogP contribution in [-0.2, 0) is 9.53 Å². The number of esters is 1. The molecule has 0 saturated carbocycles. The molecule has 4 heteroatoms. The van der Waals surface area contributed by atoms with E-state index in [-0.39, 0.29) is 5.97 Å². The number of nitrogens with zero attached hydrogens (tertiary/aromatic N) is 1. The van der Waals surface area contributed by atoms with E-state index in [2.05, 4.69) is 9.73 Å². The molecular formula is C12H15NO3. The molecular weight excluding hydrogens is 206 g/mol. The Balaban J connectivity index is 2.65. The van der Waals surface area contributed by atoms with Gasteiger partial charge in [-0.1, -0.05) is 0 Å². The Morgan fingerprint density at radius 3 is 2.44 bits per heavy atom. The Hall–Kier alpha value is -1.84. The fraction of sp³-hybridized carbons (Fsp3) is 0.333. The van der Waals surface area contributed by atoms with Gasteiger partial charge in [0.2, 0.25) is 0 Å². The summed E-state index contributed by atoms with van der Waals surface area (Å²) in [6.45, 7) is 1.69. The Bertz CT molecular complexity index is 370. The van der Waals surface area contributed by atoms with E-state index in [9.17, 15) is 4.79 Å². The normalized spacial score (nSPS) is 12.4. The van der Waals surface area contributed by atoms with E-state index in [0.717, 1.165) is 11.3 Å². The van der Waals surface area contributed by atoms with Crippen LogP contribution in [-0.4, -0.2) is 32.4 Å². The highest BCUT2D eigenvalue weighted by Gasteiger charge is 2.09. The van der Waals surface area contributed by atoms with Gasteiger partial charge >= 0.3 is 5.97 Å². The van der Waals surface area contributed by atoms with Crippen LogP contribution < -0.4 is 4.74 Å². The van der Waals surface area contributed by atoms with Crippen molar-refractivity contribution in [3.8, 4) is 5.75 Å². The standard InChI is InChI=1S/C12H15NO3/c1-9(12(14)16-3)13-8-10-4-6-11(15-2)7-5-10/h4-9H,1-3H3/t9-/m0/s1. The number of aliphatic imine (C=N–C) groups is 1. The summed E-state index contributed by atoms with van der Waals surface area (Å²) >= 11 is 0. The summed E-state index contributed by atoms with van der Waals surface area (Å²) < 4.78 is 9.60. The van der Waals surface area contributed by atoms with E-state index in [0.29, 0.717) is 0 Å². The summed E-state index contributed by atoms with van der Waals surface area (Å²) in [5.74, 6) is 0.447. The van der Waals surface area contributed by atoms with Crippen LogP contribution in [0.4, 0.5) is 0 Å². The van der Waals surface area contributed by atoms with Gasteiger partial charge in [-0.05, 0) is 36.8 Å². The Morgan fingerprint density at radius 1 is 1.31 bits per heavy atom. The number of ether oxygens (including phenoxy) is 2. The molecule has 0 bridgehead atoms. The van der Waals surface area contributed by atoms with Crippen LogP contribution in [0.5, 0.6) is 5.75 Å². The summed E-state index contributed by atoms with van der Waals surface area (Å²) in [7, 11) is 2.96. The SMILES string of the molecule is COC(=O)[C@H](C)N=Cc1ccc(OC)cc1. The lowest BCUT2D eigenvalue weighted by atomic mass is 10.2. The molecule has 0 aromatic heterocycles. The van der Waals surface area contributed by atoms with Crippen LogP contribution in [0.1, 0.15) is 12.5 Å². The first kappa shape index (κ1) is 12.2. The van der Waals surface area contributed by atoms with Gasteiger partial charge in [0, 0.05) is 6.21 Å². The predicted molar refractivity (Wildman–Crippen MR) is 62.1 cm³/mol. The van der Waals surface area contributed by atoms with Crippen molar-refractivity contribution in [3.05, 3.63) is 29.8 Å². The summed E-state index contributed by atoms with van der Waals surface area (Å²) in [5.41, 5.74) is 0.913. The van der Waals surface area contributed by atoms with Gasteiger partial charge in [-0.25, -0.2) is 4.79 Å². The molecule has 0 spiro atoms. The predicted octanol–water partition coefficient (Wildman–Crippen LogP) is 1.68. The van der Waals surface area contributed by atoms with Crippen molar-refractivity contribution in [2.75, 3.05) is 14.2 Å². The topological polar surface area (TPSA) is 47.9 Å². The van der Waals surface area contributed by atoms with Crippen LogP contribution >= 0.6 is 0 Å². The van der Waals surface area contributed by atoms with E-state index >= 15 is 0 Å². The number of rotatable bonds is 4. The minimum atomic E-state index is -0.480. The van der Waals surface area contributed by atoms with Gasteiger partial charge in [-0.3, -0.25) is 4.99 Å². The molecule has 0 aliphatic rings. The van der Waals surface area contributed by atoms with Crippen LogP contribution in [0.2, 0.25) is 0 Å². The lowest BCUT2D eigenvalue weighted by Crippen LogP contribution is -2.16. The third-order valence-corrected chi connectivity index (χ3v) is 2.11. The molecule has 0 fully saturated rings. The Labute approximate surface area is 94.9 Å². The number of benzene rings is 1. The highest BCUT2D eigenvalue weighted by molar-refractivity contribution is 5.83. The maximum absolute atomic E-state index is 11.1. The van der Waals surface area contributed by atoms with Crippen molar-refractivity contribution in [2.24, 2.45) is 4.99 Å². The van der Waals surface area contributed by atoms with E-state index < -0.39 is 6.04 Å². The van der Waals surface area contributed by atoms with Gasteiger partial charge in [-0.2, -0.15) is 0 Å². The molecule has 0 amide bonds. The Morgan fingerprint density at radius 2 is 1.94 bits per heavy atom. The van der Waals surface area contributed by atoms with Gasteiger partial charge in [0.05, 0.1) is 14.2 Å². The zero-order valence-electron chi connectivity index (χ0n) is 9.64. The lowest BCUT2D eigenvalue weighted by molar-refractivity contribution is -0.141. The van der Waals surface area contributed by atoms with Gasteiger partial charge in [0.15, 0.2) is 0 Å². The molecule has 1 rings (SSSR count). The monoisotopic (exact) mass is 221 g/mol. The van der Waals surface area contributed by atoms with Crippen molar-refractivity contribution < 1.29 is 14.3 Å². The molecule has 0 unspecified atom stereocenters. The van der Waals surface area contributed by atoms with E-state index in [1.54, 1.807) is 20.2 Å². The molecule has 1 aromatic carbocycles. The number of carbonyl (C=O) groups is 1. The van der Waals surface area contributed by atoms with E-state index in [4.69, 9.17) is 4.74 Å². The van der Waals surface area contributed by atoms with E-state index in [1.807, 2.05) is 24.3 Å². The number of methoxy groups -OCH3 is 2. The molecule has 0 aliphatic heterocycles. The largest absolute Gasteiger partial charge is 0.497 e. The van der Waals surface area contributed by atoms with Crippen molar-refractivity contribution >= 4 is 12.2 Å². The lowest BCUT2D eigenvalue weighted by Gasteiger charge is -2.03. The second kappa shape index (κ2) is 5.90. The molecule has 16 heavy (non-hydrogen) atoms. The molecule has 4 nitrogen and oxygen atoms in total. The number of hydrogen-bond donors (Lipinski definition) is 0. The molecule has 86 valence electrons. The quantitative estimate of drug-likeness (QED) is 0.574.